The number of methoxy groups -OCH3 is 1. The maximum absolute atomic E-state index is 5.10. The highest BCUT2D eigenvalue weighted by Gasteiger charge is 2.13. The Balaban J connectivity index is 2.63. The van der Waals surface area contributed by atoms with Gasteiger partial charge in [0.25, 0.3) is 0 Å². The van der Waals surface area contributed by atoms with E-state index in [4.69, 9.17) is 4.74 Å². The van der Waals surface area contributed by atoms with Crippen molar-refractivity contribution in [2.75, 3.05) is 26.0 Å². The molecule has 1 rings (SSSR count). The molecule has 4 nitrogen and oxygen atoms in total. The van der Waals surface area contributed by atoms with Gasteiger partial charge in [0.1, 0.15) is 0 Å². The third-order valence-corrected chi connectivity index (χ3v) is 3.82. The van der Waals surface area contributed by atoms with Crippen molar-refractivity contribution in [1.29, 1.82) is 0 Å². The van der Waals surface area contributed by atoms with E-state index < -0.39 is 0 Å². The first-order valence-corrected chi connectivity index (χ1v) is 7.39. The highest BCUT2D eigenvalue weighted by molar-refractivity contribution is 7.99. The van der Waals surface area contributed by atoms with Crippen LogP contribution in [0.15, 0.2) is 5.03 Å². The van der Waals surface area contributed by atoms with E-state index in [0.717, 1.165) is 31.1 Å². The quantitative estimate of drug-likeness (QED) is 0.581. The summed E-state index contributed by atoms with van der Waals surface area (Å²) in [6.45, 7) is 9.22. The van der Waals surface area contributed by atoms with Gasteiger partial charge < -0.3 is 10.1 Å². The van der Waals surface area contributed by atoms with Gasteiger partial charge in [0.2, 0.25) is 0 Å². The average molecular weight is 271 g/mol. The Labute approximate surface area is 114 Å². The Bertz CT molecular complexity index is 363. The van der Waals surface area contributed by atoms with E-state index in [2.05, 4.69) is 31.2 Å². The first kappa shape index (κ1) is 15.5. The molecule has 0 saturated heterocycles. The van der Waals surface area contributed by atoms with E-state index in [-0.39, 0.29) is 0 Å². The molecule has 5 heteroatoms. The molecule has 0 amide bonds. The lowest BCUT2D eigenvalue weighted by atomic mass is 10.2. The normalized spacial score (nSPS) is 11.4. The minimum absolute atomic E-state index is 0.673. The highest BCUT2D eigenvalue weighted by Crippen LogP contribution is 2.24. The van der Waals surface area contributed by atoms with Gasteiger partial charge >= 0.3 is 0 Å². The first-order valence-electron chi connectivity index (χ1n) is 6.41. The second kappa shape index (κ2) is 7.81. The average Bonchev–Trinajstić information content (AvgIpc) is 2.55. The van der Waals surface area contributed by atoms with Crippen molar-refractivity contribution < 1.29 is 4.74 Å². The molecule has 0 radical (unpaired) electrons. The number of nitrogens with one attached hydrogen (secondary N) is 1. The number of hydrogen-bond donors (Lipinski definition) is 1. The molecular weight excluding hydrogens is 246 g/mol. The van der Waals surface area contributed by atoms with E-state index in [1.165, 1.54) is 10.6 Å². The van der Waals surface area contributed by atoms with Gasteiger partial charge in [0.05, 0.1) is 17.3 Å². The van der Waals surface area contributed by atoms with Crippen LogP contribution < -0.4 is 5.32 Å². The lowest BCUT2D eigenvalue weighted by Gasteiger charge is -2.09. The summed E-state index contributed by atoms with van der Waals surface area (Å²) in [5, 5.41) is 9.24. The summed E-state index contributed by atoms with van der Waals surface area (Å²) in [6, 6.07) is 0. The fraction of sp³-hybridized carbons (Fsp3) is 0.769. The van der Waals surface area contributed by atoms with Crippen molar-refractivity contribution in [2.24, 2.45) is 13.0 Å². The van der Waals surface area contributed by atoms with Crippen LogP contribution >= 0.6 is 11.8 Å². The van der Waals surface area contributed by atoms with Gasteiger partial charge in [-0.3, -0.25) is 4.68 Å². The summed E-state index contributed by atoms with van der Waals surface area (Å²) < 4.78 is 7.07. The third kappa shape index (κ3) is 4.63. The zero-order valence-electron chi connectivity index (χ0n) is 12.1. The smallest absolute Gasteiger partial charge is 0.0985 e. The van der Waals surface area contributed by atoms with Gasteiger partial charge in [-0.25, -0.2) is 0 Å². The molecule has 0 bridgehead atoms. The molecule has 1 N–H and O–H groups in total. The van der Waals surface area contributed by atoms with Crippen LogP contribution in [0.1, 0.15) is 25.1 Å². The van der Waals surface area contributed by atoms with Crippen LogP contribution in [0, 0.1) is 12.8 Å². The molecular formula is C13H25N3OS. The van der Waals surface area contributed by atoms with Crippen LogP contribution in [-0.2, 0) is 18.3 Å². The van der Waals surface area contributed by atoms with Crippen LogP contribution in [-0.4, -0.2) is 35.8 Å². The van der Waals surface area contributed by atoms with Gasteiger partial charge in [-0.15, -0.1) is 11.8 Å². The standard InChI is InChI=1S/C13H25N3OS/c1-10(2)8-14-9-12-11(3)15-16(4)13(12)18-7-6-17-5/h10,14H,6-9H2,1-5H3. The van der Waals surface area contributed by atoms with Crippen LogP contribution in [0.5, 0.6) is 0 Å². The zero-order chi connectivity index (χ0) is 13.5. The summed E-state index contributed by atoms with van der Waals surface area (Å²) >= 11 is 1.81. The molecule has 0 aliphatic carbocycles. The predicted molar refractivity (Wildman–Crippen MR) is 77.1 cm³/mol. The molecule has 0 aliphatic rings. The van der Waals surface area contributed by atoms with E-state index in [1.54, 1.807) is 7.11 Å². The summed E-state index contributed by atoms with van der Waals surface area (Å²) in [5.74, 6) is 1.64. The molecule has 0 saturated carbocycles. The lowest BCUT2D eigenvalue weighted by Crippen LogP contribution is -2.19. The number of hydrogen-bond acceptors (Lipinski definition) is 4. The minimum atomic E-state index is 0.673. The van der Waals surface area contributed by atoms with Gasteiger partial charge in [-0.2, -0.15) is 5.10 Å². The molecule has 0 unspecified atom stereocenters. The van der Waals surface area contributed by atoms with E-state index >= 15 is 0 Å². The Morgan fingerprint density at radius 1 is 1.44 bits per heavy atom. The van der Waals surface area contributed by atoms with Crippen LogP contribution in [0.25, 0.3) is 0 Å². The van der Waals surface area contributed by atoms with E-state index in [9.17, 15) is 0 Å². The summed E-state index contributed by atoms with van der Waals surface area (Å²) in [4.78, 5) is 0. The molecule has 104 valence electrons. The van der Waals surface area contributed by atoms with E-state index in [1.807, 2.05) is 23.5 Å². The topological polar surface area (TPSA) is 39.1 Å². The van der Waals surface area contributed by atoms with Crippen LogP contribution in [0.3, 0.4) is 0 Å². The monoisotopic (exact) mass is 271 g/mol. The molecule has 1 aromatic rings. The Kier molecular flexibility index (Phi) is 6.75. The fourth-order valence-electron chi connectivity index (χ4n) is 1.77. The fourth-order valence-corrected chi connectivity index (χ4v) is 2.84. The molecule has 18 heavy (non-hydrogen) atoms. The maximum atomic E-state index is 5.10. The summed E-state index contributed by atoms with van der Waals surface area (Å²) in [5.41, 5.74) is 2.44. The second-order valence-corrected chi connectivity index (χ2v) is 5.94. The van der Waals surface area contributed by atoms with Gasteiger partial charge in [-0.1, -0.05) is 13.8 Å². The maximum Gasteiger partial charge on any atom is 0.0985 e. The largest absolute Gasteiger partial charge is 0.384 e. The van der Waals surface area contributed by atoms with Crippen molar-refractivity contribution in [2.45, 2.75) is 32.3 Å². The molecule has 0 aliphatic heterocycles. The molecule has 1 heterocycles. The SMILES string of the molecule is COCCSc1c(CNCC(C)C)c(C)nn1C. The Morgan fingerprint density at radius 3 is 2.78 bits per heavy atom. The van der Waals surface area contributed by atoms with Crippen molar-refractivity contribution in [1.82, 2.24) is 15.1 Å². The number of ether oxygens (including phenoxy) is 1. The van der Waals surface area contributed by atoms with Crippen molar-refractivity contribution in [3.63, 3.8) is 0 Å². The predicted octanol–water partition coefficient (Wildman–Crippen LogP) is 2.21. The number of rotatable bonds is 8. The molecule has 0 fully saturated rings. The number of aromatic nitrogens is 2. The van der Waals surface area contributed by atoms with Crippen LogP contribution in [0.4, 0.5) is 0 Å². The van der Waals surface area contributed by atoms with Crippen molar-refractivity contribution in [3.05, 3.63) is 11.3 Å². The second-order valence-electron chi connectivity index (χ2n) is 4.86. The van der Waals surface area contributed by atoms with Gasteiger partial charge in [-0.05, 0) is 19.4 Å². The first-order chi connectivity index (χ1) is 8.56. The minimum Gasteiger partial charge on any atom is -0.384 e. The lowest BCUT2D eigenvalue weighted by molar-refractivity contribution is 0.218. The number of nitrogens with zero attached hydrogens (tertiary/aromatic N) is 2. The van der Waals surface area contributed by atoms with Crippen molar-refractivity contribution >= 4 is 11.8 Å². The zero-order valence-corrected chi connectivity index (χ0v) is 12.9. The summed E-state index contributed by atoms with van der Waals surface area (Å²) in [6.07, 6.45) is 0. The third-order valence-electron chi connectivity index (χ3n) is 2.67. The Hall–Kier alpha value is -0.520. The highest BCUT2D eigenvalue weighted by atomic mass is 32.2. The van der Waals surface area contributed by atoms with Gasteiger partial charge in [0.15, 0.2) is 0 Å². The van der Waals surface area contributed by atoms with Gasteiger partial charge in [0, 0.05) is 32.0 Å². The van der Waals surface area contributed by atoms with Crippen molar-refractivity contribution in [3.8, 4) is 0 Å². The number of thioether (sulfide) groups is 1. The summed E-state index contributed by atoms with van der Waals surface area (Å²) in [7, 11) is 3.74. The Morgan fingerprint density at radius 2 is 2.17 bits per heavy atom. The molecule has 0 aromatic carbocycles. The number of aryl methyl sites for hydroxylation is 2. The molecule has 0 spiro atoms. The van der Waals surface area contributed by atoms with E-state index in [0.29, 0.717) is 5.92 Å². The van der Waals surface area contributed by atoms with Crippen LogP contribution in [0.2, 0.25) is 0 Å². The molecule has 1 aromatic heterocycles. The molecule has 0 atom stereocenters.